The molecule has 0 aromatic heterocycles. The smallest absolute Gasteiger partial charge is 0.0666 e. The summed E-state index contributed by atoms with van der Waals surface area (Å²) < 4.78 is 0.697. The third-order valence-corrected chi connectivity index (χ3v) is 5.12. The molecule has 7 heavy (non-hydrogen) atoms. The van der Waals surface area contributed by atoms with Crippen molar-refractivity contribution in [2.45, 2.75) is 20.7 Å². The van der Waals surface area contributed by atoms with Gasteiger partial charge in [0.05, 0.1) is 1.43 Å². The molecule has 40 valence electrons. The van der Waals surface area contributed by atoms with Crippen molar-refractivity contribution < 1.29 is 0 Å². The van der Waals surface area contributed by atoms with E-state index in [4.69, 9.17) is 0 Å². The van der Waals surface area contributed by atoms with Crippen molar-refractivity contribution in [1.82, 2.24) is 0 Å². The fraction of sp³-hybridized carbons (Fsp3) is 1.00. The maximum absolute atomic E-state index is 2.58. The van der Waals surface area contributed by atoms with Crippen LogP contribution in [-0.4, -0.2) is 1.43 Å². The first-order valence-electron chi connectivity index (χ1n) is 2.54. The third-order valence-electron chi connectivity index (χ3n) is 2.06. The lowest BCUT2D eigenvalue weighted by Crippen LogP contribution is -1.83. The highest BCUT2D eigenvalue weighted by Gasteiger charge is 2.71. The zero-order chi connectivity index (χ0) is 5.12. The van der Waals surface area contributed by atoms with Gasteiger partial charge in [-0.25, -0.2) is 0 Å². The molecule has 2 saturated carbocycles. The highest BCUT2D eigenvalue weighted by molar-refractivity contribution is 14.2. The molecule has 0 aromatic rings. The van der Waals surface area contributed by atoms with Crippen molar-refractivity contribution in [1.29, 1.82) is 0 Å². The third kappa shape index (κ3) is 0.587. The first-order chi connectivity index (χ1) is 3.16. The number of rotatable bonds is 0. The summed E-state index contributed by atoms with van der Waals surface area (Å²) in [6.07, 6.45) is 4.51. The van der Waals surface area contributed by atoms with Crippen LogP contribution in [0, 0.1) is 5.41 Å². The van der Waals surface area contributed by atoms with Gasteiger partial charge in [-0.1, -0.05) is 45.2 Å². The fourth-order valence-corrected chi connectivity index (χ4v) is 3.61. The lowest BCUT2D eigenvalue weighted by molar-refractivity contribution is 0.905. The van der Waals surface area contributed by atoms with Gasteiger partial charge in [0.1, 0.15) is 0 Å². The van der Waals surface area contributed by atoms with E-state index in [1.165, 1.54) is 19.3 Å². The molecular formula is C5H6I2. The van der Waals surface area contributed by atoms with Crippen LogP contribution < -0.4 is 0 Å². The minimum absolute atomic E-state index is 0.697. The summed E-state index contributed by atoms with van der Waals surface area (Å²) in [7, 11) is 0. The Kier molecular flexibility index (Phi) is 0.864. The lowest BCUT2D eigenvalue weighted by atomic mass is 10.4. The van der Waals surface area contributed by atoms with Gasteiger partial charge in [-0.05, 0) is 24.7 Å². The highest BCUT2D eigenvalue weighted by Crippen LogP contribution is 2.80. The molecule has 2 fully saturated rings. The molecule has 0 bridgehead atoms. The van der Waals surface area contributed by atoms with Gasteiger partial charge < -0.3 is 0 Å². The molecule has 0 N–H and O–H groups in total. The molecule has 0 unspecified atom stereocenters. The van der Waals surface area contributed by atoms with Crippen molar-refractivity contribution in [2.75, 3.05) is 0 Å². The van der Waals surface area contributed by atoms with Crippen LogP contribution in [0.25, 0.3) is 0 Å². The molecule has 0 saturated heterocycles. The van der Waals surface area contributed by atoms with Gasteiger partial charge in [0.2, 0.25) is 0 Å². The van der Waals surface area contributed by atoms with Gasteiger partial charge in [-0.3, -0.25) is 0 Å². The summed E-state index contributed by atoms with van der Waals surface area (Å²) in [6.45, 7) is 0. The molecule has 0 aromatic carbocycles. The maximum atomic E-state index is 2.58. The van der Waals surface area contributed by atoms with E-state index in [9.17, 15) is 0 Å². The standard InChI is InChI=1S/C5H6I2/c6-5(7)3-4(5)1-2-4/h1-3H2. The van der Waals surface area contributed by atoms with Crippen molar-refractivity contribution in [2.24, 2.45) is 5.41 Å². The summed E-state index contributed by atoms with van der Waals surface area (Å²) in [6, 6.07) is 0. The molecule has 0 aliphatic heterocycles. The van der Waals surface area contributed by atoms with E-state index in [2.05, 4.69) is 45.2 Å². The quantitative estimate of drug-likeness (QED) is 0.476. The molecule has 0 nitrogen and oxygen atoms in total. The van der Waals surface area contributed by atoms with Gasteiger partial charge in [-0.15, -0.1) is 0 Å². The van der Waals surface area contributed by atoms with Crippen LogP contribution in [-0.2, 0) is 0 Å². The second-order valence-corrected chi connectivity index (χ2v) is 8.41. The van der Waals surface area contributed by atoms with E-state index in [0.717, 1.165) is 5.41 Å². The average molecular weight is 320 g/mol. The molecular weight excluding hydrogens is 314 g/mol. The van der Waals surface area contributed by atoms with Crippen LogP contribution in [0.1, 0.15) is 19.3 Å². The molecule has 0 atom stereocenters. The Morgan fingerprint density at radius 2 is 1.57 bits per heavy atom. The monoisotopic (exact) mass is 320 g/mol. The zero-order valence-corrected chi connectivity index (χ0v) is 8.19. The largest absolute Gasteiger partial charge is 0.0797 e. The SMILES string of the molecule is IC1(I)CC12CC2. The normalized spacial score (nSPS) is 38.6. The van der Waals surface area contributed by atoms with Crippen LogP contribution in [0.3, 0.4) is 0 Å². The summed E-state index contributed by atoms with van der Waals surface area (Å²) >= 11 is 5.16. The second-order valence-electron chi connectivity index (χ2n) is 2.66. The summed E-state index contributed by atoms with van der Waals surface area (Å²) in [5.41, 5.74) is 0.869. The van der Waals surface area contributed by atoms with Crippen LogP contribution in [0.2, 0.25) is 0 Å². The molecule has 2 rings (SSSR count). The summed E-state index contributed by atoms with van der Waals surface area (Å²) in [4.78, 5) is 0. The van der Waals surface area contributed by atoms with E-state index >= 15 is 0 Å². The predicted molar refractivity (Wildman–Crippen MR) is 47.1 cm³/mol. The van der Waals surface area contributed by atoms with Gasteiger partial charge in [0, 0.05) is 0 Å². The number of hydrogen-bond acceptors (Lipinski definition) is 0. The Bertz CT molecular complexity index is 111. The Hall–Kier alpha value is 1.46. The number of alkyl halides is 2. The molecule has 2 aliphatic rings. The molecule has 0 heterocycles. The fourth-order valence-electron chi connectivity index (χ4n) is 1.07. The Labute approximate surface area is 70.7 Å². The van der Waals surface area contributed by atoms with Gasteiger partial charge in [0.25, 0.3) is 0 Å². The molecule has 0 amide bonds. The molecule has 0 radical (unpaired) electrons. The Morgan fingerprint density at radius 1 is 1.14 bits per heavy atom. The average Bonchev–Trinajstić information content (AvgIpc) is 2.22. The highest BCUT2D eigenvalue weighted by atomic mass is 127. The van der Waals surface area contributed by atoms with Gasteiger partial charge >= 0.3 is 0 Å². The van der Waals surface area contributed by atoms with E-state index in [1.807, 2.05) is 0 Å². The first kappa shape index (κ1) is 5.26. The number of halogens is 2. The number of hydrogen-bond donors (Lipinski definition) is 0. The van der Waals surface area contributed by atoms with Crippen LogP contribution in [0.5, 0.6) is 0 Å². The molecule has 2 aliphatic carbocycles. The van der Waals surface area contributed by atoms with Crippen LogP contribution >= 0.6 is 45.2 Å². The maximum Gasteiger partial charge on any atom is 0.0797 e. The van der Waals surface area contributed by atoms with Crippen molar-refractivity contribution in [3.8, 4) is 0 Å². The second kappa shape index (κ2) is 1.15. The van der Waals surface area contributed by atoms with Gasteiger partial charge in [0.15, 0.2) is 0 Å². The minimum Gasteiger partial charge on any atom is -0.0666 e. The van der Waals surface area contributed by atoms with E-state index in [-0.39, 0.29) is 0 Å². The minimum atomic E-state index is 0.697. The van der Waals surface area contributed by atoms with Crippen LogP contribution in [0.15, 0.2) is 0 Å². The van der Waals surface area contributed by atoms with Gasteiger partial charge in [-0.2, -0.15) is 0 Å². The lowest BCUT2D eigenvalue weighted by Gasteiger charge is -1.89. The molecule has 1 spiro atoms. The molecule has 2 heteroatoms. The topological polar surface area (TPSA) is 0 Å². The van der Waals surface area contributed by atoms with E-state index in [0.29, 0.717) is 1.43 Å². The van der Waals surface area contributed by atoms with E-state index in [1.54, 1.807) is 0 Å². The Morgan fingerprint density at radius 3 is 1.57 bits per heavy atom. The summed E-state index contributed by atoms with van der Waals surface area (Å²) in [5.74, 6) is 0. The predicted octanol–water partition coefficient (Wildman–Crippen LogP) is 2.74. The van der Waals surface area contributed by atoms with Crippen molar-refractivity contribution in [3.63, 3.8) is 0 Å². The van der Waals surface area contributed by atoms with Crippen molar-refractivity contribution >= 4 is 45.2 Å². The van der Waals surface area contributed by atoms with E-state index < -0.39 is 0 Å². The summed E-state index contributed by atoms with van der Waals surface area (Å²) in [5, 5.41) is 0. The zero-order valence-electron chi connectivity index (χ0n) is 3.88. The Balaban J connectivity index is 2.22. The first-order valence-corrected chi connectivity index (χ1v) is 4.70. The van der Waals surface area contributed by atoms with Crippen molar-refractivity contribution in [3.05, 3.63) is 0 Å². The van der Waals surface area contributed by atoms with Crippen LogP contribution in [0.4, 0.5) is 0 Å².